The van der Waals surface area contributed by atoms with E-state index in [9.17, 15) is 29.4 Å². The van der Waals surface area contributed by atoms with Crippen LogP contribution in [-0.2, 0) is 26.5 Å². The first-order chi connectivity index (χ1) is 24.3. The minimum atomic E-state index is -1.59. The van der Waals surface area contributed by atoms with Crippen LogP contribution in [0.1, 0.15) is 81.3 Å². The second kappa shape index (κ2) is 15.3. The number of nitrogens with two attached hydrogens (primary N) is 1. The highest BCUT2D eigenvalue weighted by Gasteiger charge is 2.49. The molecule has 14 heteroatoms. The summed E-state index contributed by atoms with van der Waals surface area (Å²) in [6, 6.07) is 11.4. The van der Waals surface area contributed by atoms with Crippen LogP contribution in [0.4, 0.5) is 0 Å². The monoisotopic (exact) mass is 719 g/mol. The third-order valence-electron chi connectivity index (χ3n) is 10.8. The number of fused-ring (bicyclic) bond motifs is 1. The number of nitrogens with zero attached hydrogens (tertiary/aromatic N) is 4. The number of aromatic nitrogens is 3. The minimum absolute atomic E-state index is 0.190. The summed E-state index contributed by atoms with van der Waals surface area (Å²) in [6.07, 6.45) is 6.13. The van der Waals surface area contributed by atoms with Gasteiger partial charge < -0.3 is 31.5 Å². The molecule has 5 atom stereocenters. The molecule has 1 aromatic heterocycles. The van der Waals surface area contributed by atoms with E-state index in [0.717, 1.165) is 42.9 Å². The number of amides is 4. The van der Waals surface area contributed by atoms with Crippen molar-refractivity contribution in [2.24, 2.45) is 17.6 Å². The number of hydrogen-bond acceptors (Lipinski definition) is 9. The Balaban J connectivity index is 1.30. The fourth-order valence-electron chi connectivity index (χ4n) is 7.97. The SMILES string of the molecule is CC(C)(O)c1cnnn1C[C@H]1C[C@@H](C(=O)NC2(C(O)C(N)=O)CCSC2)N(C(=O)[C@@H](CC2CCCCC2)NC(=O)c2ccc3ccccc3c2)C1. The van der Waals surface area contributed by atoms with Crippen molar-refractivity contribution in [3.63, 3.8) is 0 Å². The van der Waals surface area contributed by atoms with Crippen LogP contribution >= 0.6 is 11.8 Å². The van der Waals surface area contributed by atoms with E-state index < -0.39 is 41.1 Å². The molecule has 274 valence electrons. The van der Waals surface area contributed by atoms with E-state index in [1.807, 2.05) is 36.4 Å². The van der Waals surface area contributed by atoms with Gasteiger partial charge in [0.15, 0.2) is 6.10 Å². The van der Waals surface area contributed by atoms with E-state index >= 15 is 0 Å². The van der Waals surface area contributed by atoms with Crippen LogP contribution in [0.3, 0.4) is 0 Å². The number of rotatable bonds is 12. The van der Waals surface area contributed by atoms with Crippen molar-refractivity contribution in [2.75, 3.05) is 18.1 Å². The number of aliphatic hydroxyl groups excluding tert-OH is 1. The molecule has 0 spiro atoms. The molecule has 2 aromatic carbocycles. The minimum Gasteiger partial charge on any atom is -0.384 e. The standard InChI is InChI=1S/C37H49N7O6S/c1-36(2,50)30-19-39-42-44(30)21-24-17-29(34(48)41-37(14-15-51-22-37)31(45)32(38)46)43(20-24)35(49)28(16-23-8-4-3-5-9-23)40-33(47)27-13-12-25-10-6-7-11-26(25)18-27/h6-7,10-13,18-19,23-24,28-29,31,45,50H,3-5,8-9,14-17,20-22H2,1-2H3,(H2,38,46)(H,40,47)(H,41,48)/t24-,28+,29-,31?,37?/m0/s1. The fourth-order valence-corrected chi connectivity index (χ4v) is 9.36. The van der Waals surface area contributed by atoms with Crippen molar-refractivity contribution < 1.29 is 29.4 Å². The van der Waals surface area contributed by atoms with E-state index in [2.05, 4.69) is 20.9 Å². The van der Waals surface area contributed by atoms with E-state index in [4.69, 9.17) is 5.73 Å². The number of aliphatic hydroxyl groups is 2. The van der Waals surface area contributed by atoms with Gasteiger partial charge in [0.25, 0.3) is 5.91 Å². The normalized spacial score (nSPS) is 24.0. The Hall–Kier alpha value is -4.01. The smallest absolute Gasteiger partial charge is 0.251 e. The fraction of sp³-hybridized carbons (Fsp3) is 0.568. The van der Waals surface area contributed by atoms with Crippen molar-refractivity contribution >= 4 is 46.2 Å². The van der Waals surface area contributed by atoms with Crippen LogP contribution < -0.4 is 16.4 Å². The number of nitrogens with one attached hydrogen (secondary N) is 2. The summed E-state index contributed by atoms with van der Waals surface area (Å²) in [7, 11) is 0. The third kappa shape index (κ3) is 8.23. The number of benzene rings is 2. The maximum atomic E-state index is 14.8. The van der Waals surface area contributed by atoms with Crippen LogP contribution in [-0.4, -0.2) is 95.5 Å². The molecule has 6 rings (SSSR count). The van der Waals surface area contributed by atoms with Crippen molar-refractivity contribution in [3.8, 4) is 0 Å². The Kier molecular flexibility index (Phi) is 11.0. The summed E-state index contributed by atoms with van der Waals surface area (Å²) >= 11 is 1.50. The molecule has 3 aliphatic rings. The van der Waals surface area contributed by atoms with Crippen molar-refractivity contribution in [1.82, 2.24) is 30.5 Å². The topological polar surface area (TPSA) is 193 Å². The van der Waals surface area contributed by atoms with Gasteiger partial charge in [0.2, 0.25) is 17.7 Å². The molecule has 13 nitrogen and oxygen atoms in total. The second-order valence-electron chi connectivity index (χ2n) is 15.0. The van der Waals surface area contributed by atoms with Gasteiger partial charge in [-0.1, -0.05) is 67.6 Å². The first kappa shape index (κ1) is 36.8. The maximum absolute atomic E-state index is 14.8. The Bertz CT molecular complexity index is 1750. The predicted molar refractivity (Wildman–Crippen MR) is 193 cm³/mol. The summed E-state index contributed by atoms with van der Waals surface area (Å²) in [5.74, 6) is -1.24. The summed E-state index contributed by atoms with van der Waals surface area (Å²) < 4.78 is 1.60. The first-order valence-electron chi connectivity index (χ1n) is 17.9. The number of carbonyl (C=O) groups is 4. The molecular weight excluding hydrogens is 671 g/mol. The molecule has 1 aliphatic carbocycles. The highest BCUT2D eigenvalue weighted by atomic mass is 32.2. The molecule has 4 amide bonds. The highest BCUT2D eigenvalue weighted by Crippen LogP contribution is 2.34. The third-order valence-corrected chi connectivity index (χ3v) is 12.0. The van der Waals surface area contributed by atoms with Gasteiger partial charge in [0, 0.05) is 24.4 Å². The Morgan fingerprint density at radius 3 is 2.51 bits per heavy atom. The second-order valence-corrected chi connectivity index (χ2v) is 16.2. The van der Waals surface area contributed by atoms with Crippen LogP contribution in [0.2, 0.25) is 0 Å². The number of carbonyl (C=O) groups excluding carboxylic acids is 4. The van der Waals surface area contributed by atoms with E-state index in [-0.39, 0.29) is 43.2 Å². The zero-order chi connectivity index (χ0) is 36.3. The van der Waals surface area contributed by atoms with Gasteiger partial charge >= 0.3 is 0 Å². The quantitative estimate of drug-likeness (QED) is 0.187. The Morgan fingerprint density at radius 1 is 1.08 bits per heavy atom. The largest absolute Gasteiger partial charge is 0.384 e. The average Bonchev–Trinajstić information content (AvgIpc) is 3.88. The van der Waals surface area contributed by atoms with Crippen molar-refractivity contribution in [3.05, 3.63) is 59.9 Å². The number of hydrogen-bond donors (Lipinski definition) is 5. The molecule has 6 N–H and O–H groups in total. The van der Waals surface area contributed by atoms with Gasteiger partial charge in [-0.25, -0.2) is 4.68 Å². The van der Waals surface area contributed by atoms with Crippen LogP contribution in [0.15, 0.2) is 48.7 Å². The molecule has 3 fully saturated rings. The zero-order valence-corrected chi connectivity index (χ0v) is 30.1. The molecule has 0 radical (unpaired) electrons. The zero-order valence-electron chi connectivity index (χ0n) is 29.3. The number of primary amides is 1. The summed E-state index contributed by atoms with van der Waals surface area (Å²) in [4.78, 5) is 56.5. The van der Waals surface area contributed by atoms with Crippen LogP contribution in [0, 0.1) is 11.8 Å². The number of thioether (sulfide) groups is 1. The van der Waals surface area contributed by atoms with Crippen molar-refractivity contribution in [2.45, 2.75) is 101 Å². The van der Waals surface area contributed by atoms with Crippen LogP contribution in [0.5, 0.6) is 0 Å². The molecule has 3 heterocycles. The maximum Gasteiger partial charge on any atom is 0.251 e. The van der Waals surface area contributed by atoms with Gasteiger partial charge in [-0.15, -0.1) is 5.10 Å². The molecule has 2 aliphatic heterocycles. The molecular formula is C37H49N7O6S. The molecule has 51 heavy (non-hydrogen) atoms. The molecule has 2 saturated heterocycles. The lowest BCUT2D eigenvalue weighted by molar-refractivity contribution is -0.142. The van der Waals surface area contributed by atoms with Gasteiger partial charge in [0.05, 0.1) is 17.4 Å². The van der Waals surface area contributed by atoms with Gasteiger partial charge in [-0.2, -0.15) is 11.8 Å². The van der Waals surface area contributed by atoms with Gasteiger partial charge in [-0.05, 0) is 73.6 Å². The lowest BCUT2D eigenvalue weighted by Crippen LogP contribution is -2.64. The van der Waals surface area contributed by atoms with E-state index in [0.29, 0.717) is 35.6 Å². The molecule has 0 bridgehead atoms. The summed E-state index contributed by atoms with van der Waals surface area (Å²) in [5.41, 5.74) is 3.98. The Labute approximate surface area is 302 Å². The lowest BCUT2D eigenvalue weighted by atomic mass is 9.84. The summed E-state index contributed by atoms with van der Waals surface area (Å²) in [5, 5.41) is 37.7. The predicted octanol–water partition coefficient (Wildman–Crippen LogP) is 2.48. The van der Waals surface area contributed by atoms with E-state index in [1.165, 1.54) is 18.0 Å². The number of likely N-dealkylation sites (tertiary alicyclic amines) is 1. The molecule has 3 aromatic rings. The molecule has 1 saturated carbocycles. The van der Waals surface area contributed by atoms with Crippen molar-refractivity contribution in [1.29, 1.82) is 0 Å². The first-order valence-corrected chi connectivity index (χ1v) is 19.1. The average molecular weight is 720 g/mol. The lowest BCUT2D eigenvalue weighted by Gasteiger charge is -2.36. The van der Waals surface area contributed by atoms with Crippen LogP contribution in [0.25, 0.3) is 10.8 Å². The highest BCUT2D eigenvalue weighted by molar-refractivity contribution is 7.99. The Morgan fingerprint density at radius 2 is 1.82 bits per heavy atom. The van der Waals surface area contributed by atoms with Gasteiger partial charge in [0.1, 0.15) is 17.7 Å². The molecule has 2 unspecified atom stereocenters. The van der Waals surface area contributed by atoms with E-state index in [1.54, 1.807) is 29.5 Å². The van der Waals surface area contributed by atoms with Gasteiger partial charge in [-0.3, -0.25) is 19.2 Å². The summed E-state index contributed by atoms with van der Waals surface area (Å²) in [6.45, 7) is 3.75.